The zero-order valence-electron chi connectivity index (χ0n) is 10.7. The van der Waals surface area contributed by atoms with Crippen LogP contribution in [-0.2, 0) is 13.6 Å². The molecule has 0 bridgehead atoms. The predicted octanol–water partition coefficient (Wildman–Crippen LogP) is 3.60. The largest absolute Gasteiger partial charge is 0.428 e. The van der Waals surface area contributed by atoms with Gasteiger partial charge in [0.1, 0.15) is 6.79 Å². The number of hydrogen-bond acceptors (Lipinski definition) is 3. The number of halogens is 6. The fourth-order valence-corrected chi connectivity index (χ4v) is 2.87. The first-order chi connectivity index (χ1) is 8.48. The van der Waals surface area contributed by atoms with Crippen LogP contribution in [0.3, 0.4) is 0 Å². The van der Waals surface area contributed by atoms with Crippen LogP contribution in [0, 0.1) is 0 Å². The molecular weight excluding hydrogens is 298 g/mol. The molecule has 3 nitrogen and oxygen atoms in total. The fourth-order valence-electron chi connectivity index (χ4n) is 1.18. The maximum absolute atomic E-state index is 12.8. The van der Waals surface area contributed by atoms with Gasteiger partial charge >= 0.3 is 20.8 Å². The summed E-state index contributed by atoms with van der Waals surface area (Å²) in [6, 6.07) is 0.441. The average molecular weight is 314 g/mol. The molecule has 2 atom stereocenters. The van der Waals surface area contributed by atoms with E-state index in [9.17, 15) is 26.3 Å². The third-order valence-corrected chi connectivity index (χ3v) is 5.33. The molecule has 0 aromatic heterocycles. The summed E-state index contributed by atoms with van der Waals surface area (Å²) in [5.41, 5.74) is 0. The SMILES string of the molecule is CCC[Si](C)(OC)OCOC(F)(F)C(F)C(F)(F)F. The van der Waals surface area contributed by atoms with Crippen LogP contribution < -0.4 is 0 Å². The van der Waals surface area contributed by atoms with Crippen molar-refractivity contribution < 1.29 is 39.9 Å². The van der Waals surface area contributed by atoms with Crippen LogP contribution in [-0.4, -0.2) is 40.9 Å². The summed E-state index contributed by atoms with van der Waals surface area (Å²) < 4.78 is 86.8. The Morgan fingerprint density at radius 2 is 1.68 bits per heavy atom. The molecule has 2 unspecified atom stereocenters. The Morgan fingerprint density at radius 3 is 2.05 bits per heavy atom. The third kappa shape index (κ3) is 6.10. The van der Waals surface area contributed by atoms with E-state index in [1.54, 1.807) is 6.92 Å². The predicted molar refractivity (Wildman–Crippen MR) is 56.7 cm³/mol. The van der Waals surface area contributed by atoms with Crippen molar-refractivity contribution in [2.24, 2.45) is 0 Å². The second kappa shape index (κ2) is 6.91. The summed E-state index contributed by atoms with van der Waals surface area (Å²) in [5, 5.41) is 0. The lowest BCUT2D eigenvalue weighted by molar-refractivity contribution is -0.348. The molecule has 10 heteroatoms. The Labute approximate surface area is 108 Å². The van der Waals surface area contributed by atoms with Gasteiger partial charge in [-0.3, -0.25) is 4.74 Å². The highest BCUT2D eigenvalue weighted by molar-refractivity contribution is 6.65. The molecule has 0 N–H and O–H groups in total. The Bertz CT molecular complexity index is 275. The van der Waals surface area contributed by atoms with Crippen LogP contribution in [0.1, 0.15) is 13.3 Å². The molecule has 0 aliphatic rings. The molecule has 0 fully saturated rings. The van der Waals surface area contributed by atoms with Gasteiger partial charge in [0, 0.05) is 7.11 Å². The molecule has 0 aromatic rings. The minimum atomic E-state index is -5.70. The maximum Gasteiger partial charge on any atom is 0.428 e. The zero-order chi connectivity index (χ0) is 15.3. The molecule has 0 spiro atoms. The van der Waals surface area contributed by atoms with Crippen LogP contribution >= 0.6 is 0 Å². The van der Waals surface area contributed by atoms with E-state index in [-0.39, 0.29) is 0 Å². The Balaban J connectivity index is 4.40. The molecule has 0 rings (SSSR count). The summed E-state index contributed by atoms with van der Waals surface area (Å²) in [7, 11) is -1.47. The molecule has 0 saturated heterocycles. The average Bonchev–Trinajstić information content (AvgIpc) is 2.27. The van der Waals surface area contributed by atoms with Crippen LogP contribution in [0.4, 0.5) is 26.3 Å². The quantitative estimate of drug-likeness (QED) is 0.389. The van der Waals surface area contributed by atoms with Crippen LogP contribution in [0.25, 0.3) is 0 Å². The minimum absolute atomic E-state index is 0.441. The Hall–Kier alpha value is -0.323. The van der Waals surface area contributed by atoms with Gasteiger partial charge in [0.2, 0.25) is 0 Å². The fraction of sp³-hybridized carbons (Fsp3) is 1.00. The number of ether oxygens (including phenoxy) is 1. The highest BCUT2D eigenvalue weighted by Crippen LogP contribution is 2.35. The van der Waals surface area contributed by atoms with Crippen LogP contribution in [0.5, 0.6) is 0 Å². The summed E-state index contributed by atoms with van der Waals surface area (Å²) in [4.78, 5) is 0. The molecule has 0 radical (unpaired) electrons. The molecule has 19 heavy (non-hydrogen) atoms. The topological polar surface area (TPSA) is 27.7 Å². The number of alkyl halides is 6. The highest BCUT2D eigenvalue weighted by atomic mass is 28.4. The van der Waals surface area contributed by atoms with E-state index >= 15 is 0 Å². The van der Waals surface area contributed by atoms with Gasteiger partial charge in [-0.1, -0.05) is 13.3 Å². The molecule has 0 aliphatic heterocycles. The van der Waals surface area contributed by atoms with Gasteiger partial charge in [0.05, 0.1) is 0 Å². The summed E-state index contributed by atoms with van der Waals surface area (Å²) >= 11 is 0. The zero-order valence-corrected chi connectivity index (χ0v) is 11.7. The van der Waals surface area contributed by atoms with E-state index < -0.39 is 33.8 Å². The van der Waals surface area contributed by atoms with E-state index in [1.165, 1.54) is 13.7 Å². The van der Waals surface area contributed by atoms with Crippen molar-refractivity contribution in [3.8, 4) is 0 Å². The Kier molecular flexibility index (Phi) is 6.79. The first-order valence-corrected chi connectivity index (χ1v) is 7.92. The van der Waals surface area contributed by atoms with Gasteiger partial charge < -0.3 is 8.85 Å². The van der Waals surface area contributed by atoms with Crippen molar-refractivity contribution in [1.29, 1.82) is 0 Å². The van der Waals surface area contributed by atoms with Crippen molar-refractivity contribution in [3.63, 3.8) is 0 Å². The second-order valence-corrected chi connectivity index (χ2v) is 7.42. The van der Waals surface area contributed by atoms with Gasteiger partial charge in [-0.2, -0.15) is 22.0 Å². The van der Waals surface area contributed by atoms with E-state index in [0.717, 1.165) is 0 Å². The molecule has 0 saturated carbocycles. The van der Waals surface area contributed by atoms with Crippen molar-refractivity contribution in [2.45, 2.75) is 44.4 Å². The van der Waals surface area contributed by atoms with Gasteiger partial charge in [-0.15, -0.1) is 0 Å². The number of hydrogen-bond donors (Lipinski definition) is 0. The standard InChI is InChI=1S/C9H16F6O3Si/c1-4-5-19(3,16-2)18-6-17-9(14,15)7(10)8(11,12)13/h7H,4-6H2,1-3H3. The van der Waals surface area contributed by atoms with Crippen LogP contribution in [0.15, 0.2) is 0 Å². The summed E-state index contributed by atoms with van der Waals surface area (Å²) in [6.45, 7) is 2.17. The van der Waals surface area contributed by atoms with E-state index in [2.05, 4.69) is 4.74 Å². The normalized spacial score (nSPS) is 18.2. The lowest BCUT2D eigenvalue weighted by Gasteiger charge is -2.27. The smallest absolute Gasteiger partial charge is 0.398 e. The lowest BCUT2D eigenvalue weighted by Crippen LogP contribution is -2.45. The first kappa shape index (κ1) is 18.7. The third-order valence-electron chi connectivity index (χ3n) is 2.33. The maximum atomic E-state index is 12.8. The molecule has 0 aliphatic carbocycles. The second-order valence-electron chi connectivity index (χ2n) is 3.96. The molecule has 116 valence electrons. The Morgan fingerprint density at radius 1 is 1.16 bits per heavy atom. The van der Waals surface area contributed by atoms with E-state index in [4.69, 9.17) is 8.85 Å². The highest BCUT2D eigenvalue weighted by Gasteiger charge is 2.58. The van der Waals surface area contributed by atoms with Crippen molar-refractivity contribution in [3.05, 3.63) is 0 Å². The van der Waals surface area contributed by atoms with Crippen molar-refractivity contribution in [2.75, 3.05) is 13.9 Å². The van der Waals surface area contributed by atoms with E-state index in [1.807, 2.05) is 0 Å². The first-order valence-electron chi connectivity index (χ1n) is 5.40. The van der Waals surface area contributed by atoms with Crippen LogP contribution in [0.2, 0.25) is 12.6 Å². The summed E-state index contributed by atoms with van der Waals surface area (Å²) in [6.07, 6.45) is -14.4. The molecular formula is C9H16F6O3Si. The molecule has 0 amide bonds. The van der Waals surface area contributed by atoms with Gasteiger partial charge in [0.25, 0.3) is 6.17 Å². The van der Waals surface area contributed by atoms with Gasteiger partial charge in [-0.25, -0.2) is 4.39 Å². The van der Waals surface area contributed by atoms with Crippen molar-refractivity contribution >= 4 is 8.56 Å². The number of rotatable bonds is 8. The summed E-state index contributed by atoms with van der Waals surface area (Å²) in [5.74, 6) is 0. The molecule has 0 heterocycles. The lowest BCUT2D eigenvalue weighted by atomic mass is 10.3. The van der Waals surface area contributed by atoms with Crippen molar-refractivity contribution in [1.82, 2.24) is 0 Å². The monoisotopic (exact) mass is 314 g/mol. The van der Waals surface area contributed by atoms with E-state index in [0.29, 0.717) is 12.5 Å². The van der Waals surface area contributed by atoms with Gasteiger partial charge in [0.15, 0.2) is 0 Å². The minimum Gasteiger partial charge on any atom is -0.398 e. The van der Waals surface area contributed by atoms with Gasteiger partial charge in [-0.05, 0) is 12.6 Å². The molecule has 0 aromatic carbocycles.